The Morgan fingerprint density at radius 1 is 1.42 bits per heavy atom. The predicted octanol–water partition coefficient (Wildman–Crippen LogP) is 2.44. The third kappa shape index (κ3) is 2.94. The second-order valence-electron chi connectivity index (χ2n) is 6.25. The van der Waals surface area contributed by atoms with Gasteiger partial charge in [0.2, 0.25) is 5.88 Å². The molecule has 126 valence electrons. The lowest BCUT2D eigenvalue weighted by molar-refractivity contribution is 0.0909. The number of amides is 1. The van der Waals surface area contributed by atoms with Gasteiger partial charge in [-0.25, -0.2) is 4.68 Å². The van der Waals surface area contributed by atoms with Crippen molar-refractivity contribution in [2.75, 3.05) is 6.61 Å². The van der Waals surface area contributed by atoms with Gasteiger partial charge in [-0.15, -0.1) is 0 Å². The first-order valence-electron chi connectivity index (χ1n) is 8.05. The minimum atomic E-state index is -0.216. The van der Waals surface area contributed by atoms with E-state index in [-0.39, 0.29) is 18.1 Å². The Bertz CT molecular complexity index is 789. The van der Waals surface area contributed by atoms with Gasteiger partial charge in [0.15, 0.2) is 5.69 Å². The first-order chi connectivity index (χ1) is 11.6. The molecule has 0 spiro atoms. The maximum atomic E-state index is 12.5. The number of nitrogens with zero attached hydrogens (tertiary/aromatic N) is 2. The zero-order chi connectivity index (χ0) is 16.7. The maximum Gasteiger partial charge on any atom is 0.272 e. The smallest absolute Gasteiger partial charge is 0.272 e. The molecule has 0 bridgehead atoms. The molecule has 1 aromatic carbocycles. The molecule has 0 fully saturated rings. The molecule has 0 saturated heterocycles. The summed E-state index contributed by atoms with van der Waals surface area (Å²) >= 11 is 6.03. The van der Waals surface area contributed by atoms with Crippen molar-refractivity contribution in [2.24, 2.45) is 0 Å². The summed E-state index contributed by atoms with van der Waals surface area (Å²) < 4.78 is 13.1. The predicted molar refractivity (Wildman–Crippen MR) is 88.8 cm³/mol. The van der Waals surface area contributed by atoms with E-state index in [0.717, 1.165) is 24.3 Å². The summed E-state index contributed by atoms with van der Waals surface area (Å²) in [6, 6.07) is 7.12. The van der Waals surface area contributed by atoms with E-state index in [0.29, 0.717) is 29.6 Å². The summed E-state index contributed by atoms with van der Waals surface area (Å²) in [5.74, 6) is 1.26. The van der Waals surface area contributed by atoms with E-state index in [4.69, 9.17) is 21.1 Å². The van der Waals surface area contributed by atoms with Crippen molar-refractivity contribution in [3.63, 3.8) is 0 Å². The quantitative estimate of drug-likeness (QED) is 0.906. The third-order valence-corrected chi connectivity index (χ3v) is 4.54. The molecule has 7 heteroatoms. The molecule has 2 aliphatic rings. The standard InChI is InChI=1S/C17H18ClN3O3/c1-10-4-5-21-16(24-10)8-14(20-21)17(22)19-13-7-11-6-12(18)2-3-15(11)23-9-13/h2-3,6,8,10,13H,4-5,7,9H2,1H3,(H,19,22)/t10-,13?/m1/s1. The highest BCUT2D eigenvalue weighted by Gasteiger charge is 2.25. The molecule has 2 atom stereocenters. The molecule has 1 amide bonds. The van der Waals surface area contributed by atoms with Crippen molar-refractivity contribution >= 4 is 17.5 Å². The number of rotatable bonds is 2. The Morgan fingerprint density at radius 2 is 2.29 bits per heavy atom. The van der Waals surface area contributed by atoms with Crippen LogP contribution >= 0.6 is 11.6 Å². The van der Waals surface area contributed by atoms with Gasteiger partial charge in [-0.1, -0.05) is 11.6 Å². The summed E-state index contributed by atoms with van der Waals surface area (Å²) in [6.07, 6.45) is 1.73. The largest absolute Gasteiger partial charge is 0.491 e. The number of carbonyl (C=O) groups excluding carboxylic acids is 1. The molecule has 0 saturated carbocycles. The lowest BCUT2D eigenvalue weighted by Crippen LogP contribution is -2.42. The van der Waals surface area contributed by atoms with Crippen molar-refractivity contribution in [1.29, 1.82) is 0 Å². The van der Waals surface area contributed by atoms with Crippen LogP contribution in [0.1, 0.15) is 29.4 Å². The number of hydrogen-bond donors (Lipinski definition) is 1. The van der Waals surface area contributed by atoms with Crippen LogP contribution in [0.25, 0.3) is 0 Å². The van der Waals surface area contributed by atoms with Crippen LogP contribution in [-0.4, -0.2) is 34.4 Å². The van der Waals surface area contributed by atoms with E-state index >= 15 is 0 Å². The van der Waals surface area contributed by atoms with Gasteiger partial charge >= 0.3 is 0 Å². The minimum absolute atomic E-state index is 0.109. The van der Waals surface area contributed by atoms with E-state index in [1.165, 1.54) is 0 Å². The van der Waals surface area contributed by atoms with Crippen LogP contribution in [-0.2, 0) is 13.0 Å². The number of fused-ring (bicyclic) bond motifs is 2. The highest BCUT2D eigenvalue weighted by molar-refractivity contribution is 6.30. The minimum Gasteiger partial charge on any atom is -0.491 e. The van der Waals surface area contributed by atoms with Gasteiger partial charge in [-0.3, -0.25) is 4.79 Å². The van der Waals surface area contributed by atoms with Gasteiger partial charge in [0.25, 0.3) is 5.91 Å². The summed E-state index contributed by atoms with van der Waals surface area (Å²) in [7, 11) is 0. The van der Waals surface area contributed by atoms with Gasteiger partial charge in [0.1, 0.15) is 12.4 Å². The first-order valence-corrected chi connectivity index (χ1v) is 8.43. The fourth-order valence-corrected chi connectivity index (χ4v) is 3.24. The first kappa shape index (κ1) is 15.3. The van der Waals surface area contributed by atoms with Gasteiger partial charge in [0, 0.05) is 24.1 Å². The summed E-state index contributed by atoms with van der Waals surface area (Å²) in [5, 5.41) is 7.97. The van der Waals surface area contributed by atoms with Crippen molar-refractivity contribution in [1.82, 2.24) is 15.1 Å². The van der Waals surface area contributed by atoms with Crippen molar-refractivity contribution in [3.8, 4) is 11.6 Å². The number of hydrogen-bond acceptors (Lipinski definition) is 4. The number of nitrogens with one attached hydrogen (secondary N) is 1. The third-order valence-electron chi connectivity index (χ3n) is 4.31. The molecule has 1 unspecified atom stereocenters. The number of aryl methyl sites for hydroxylation is 1. The van der Waals surface area contributed by atoms with Crippen LogP contribution in [0.2, 0.25) is 5.02 Å². The summed E-state index contributed by atoms with van der Waals surface area (Å²) in [6.45, 7) is 3.21. The number of ether oxygens (including phenoxy) is 2. The highest BCUT2D eigenvalue weighted by Crippen LogP contribution is 2.28. The molecule has 2 aliphatic heterocycles. The number of halogens is 1. The second-order valence-corrected chi connectivity index (χ2v) is 6.68. The Labute approximate surface area is 144 Å². The topological polar surface area (TPSA) is 65.4 Å². The fraction of sp³-hybridized carbons (Fsp3) is 0.412. The zero-order valence-corrected chi connectivity index (χ0v) is 14.0. The van der Waals surface area contributed by atoms with E-state index < -0.39 is 0 Å². The van der Waals surface area contributed by atoms with Gasteiger partial charge in [0.05, 0.1) is 12.1 Å². The molecule has 4 rings (SSSR count). The average Bonchev–Trinajstić information content (AvgIpc) is 2.97. The SMILES string of the molecule is C[C@@H]1CCn2nc(C(=O)NC3COc4ccc(Cl)cc4C3)cc2O1. The van der Waals surface area contributed by atoms with Gasteiger partial charge < -0.3 is 14.8 Å². The maximum absolute atomic E-state index is 12.5. The summed E-state index contributed by atoms with van der Waals surface area (Å²) in [4.78, 5) is 12.5. The van der Waals surface area contributed by atoms with Crippen LogP contribution in [0.15, 0.2) is 24.3 Å². The number of benzene rings is 1. The van der Waals surface area contributed by atoms with Crippen LogP contribution in [0.5, 0.6) is 11.6 Å². The zero-order valence-electron chi connectivity index (χ0n) is 13.3. The molecule has 1 aromatic heterocycles. The number of carbonyl (C=O) groups is 1. The molecule has 3 heterocycles. The van der Waals surface area contributed by atoms with Crippen molar-refractivity contribution < 1.29 is 14.3 Å². The molecule has 0 aliphatic carbocycles. The van der Waals surface area contributed by atoms with Crippen LogP contribution in [0.4, 0.5) is 0 Å². The van der Waals surface area contributed by atoms with E-state index in [1.54, 1.807) is 16.8 Å². The fourth-order valence-electron chi connectivity index (χ4n) is 3.05. The number of aromatic nitrogens is 2. The van der Waals surface area contributed by atoms with Crippen LogP contribution < -0.4 is 14.8 Å². The van der Waals surface area contributed by atoms with Crippen molar-refractivity contribution in [3.05, 3.63) is 40.5 Å². The van der Waals surface area contributed by atoms with Crippen molar-refractivity contribution in [2.45, 2.75) is 38.5 Å². The molecule has 6 nitrogen and oxygen atoms in total. The van der Waals surface area contributed by atoms with Crippen LogP contribution in [0.3, 0.4) is 0 Å². The van der Waals surface area contributed by atoms with Crippen LogP contribution in [0, 0.1) is 0 Å². The van der Waals surface area contributed by atoms with E-state index in [1.807, 2.05) is 19.1 Å². The molecule has 0 radical (unpaired) electrons. The molecule has 24 heavy (non-hydrogen) atoms. The Kier molecular flexibility index (Phi) is 3.84. The Hall–Kier alpha value is -2.21. The van der Waals surface area contributed by atoms with Gasteiger partial charge in [-0.2, -0.15) is 5.10 Å². The lowest BCUT2D eigenvalue weighted by Gasteiger charge is -2.25. The Balaban J connectivity index is 1.45. The molecular formula is C17H18ClN3O3. The van der Waals surface area contributed by atoms with Gasteiger partial charge in [-0.05, 0) is 37.1 Å². The van der Waals surface area contributed by atoms with E-state index in [2.05, 4.69) is 10.4 Å². The lowest BCUT2D eigenvalue weighted by atomic mass is 10.0. The molecular weight excluding hydrogens is 330 g/mol. The van der Waals surface area contributed by atoms with E-state index in [9.17, 15) is 4.79 Å². The summed E-state index contributed by atoms with van der Waals surface area (Å²) in [5.41, 5.74) is 1.37. The molecule has 2 aromatic rings. The molecule has 1 N–H and O–H groups in total. The Morgan fingerprint density at radius 3 is 3.17 bits per heavy atom. The second kappa shape index (κ2) is 6.02. The monoisotopic (exact) mass is 347 g/mol. The highest BCUT2D eigenvalue weighted by atomic mass is 35.5. The normalized spacial score (nSPS) is 21.9. The average molecular weight is 348 g/mol.